The first-order chi connectivity index (χ1) is 17.7. The zero-order valence-corrected chi connectivity index (χ0v) is 22.4. The first-order valence-electron chi connectivity index (χ1n) is 13.7. The third-order valence-corrected chi connectivity index (χ3v) is 9.02. The molecule has 1 atom stereocenters. The first kappa shape index (κ1) is 23.4. The molecule has 0 bridgehead atoms. The molecule has 2 aliphatic carbocycles. The van der Waals surface area contributed by atoms with Crippen LogP contribution >= 0.6 is 0 Å². The number of aromatic hydroxyl groups is 1. The third-order valence-electron chi connectivity index (χ3n) is 9.02. The van der Waals surface area contributed by atoms with E-state index < -0.39 is 0 Å². The van der Waals surface area contributed by atoms with Gasteiger partial charge in [-0.3, -0.25) is 4.90 Å². The number of hydrogen-bond acceptors (Lipinski definition) is 5. The zero-order valence-electron chi connectivity index (χ0n) is 22.4. The van der Waals surface area contributed by atoms with Gasteiger partial charge in [0.05, 0.1) is 13.2 Å². The molecule has 37 heavy (non-hydrogen) atoms. The van der Waals surface area contributed by atoms with E-state index in [4.69, 9.17) is 14.2 Å². The smallest absolute Gasteiger partial charge is 0.187 e. The Hall–Kier alpha value is -2.76. The number of ether oxygens (including phenoxy) is 3. The molecule has 1 saturated heterocycles. The summed E-state index contributed by atoms with van der Waals surface area (Å²) in [5, 5.41) is 13.3. The predicted molar refractivity (Wildman–Crippen MR) is 146 cm³/mol. The fourth-order valence-corrected chi connectivity index (χ4v) is 8.43. The van der Waals surface area contributed by atoms with E-state index in [2.05, 4.69) is 69.0 Å². The first-order valence-corrected chi connectivity index (χ1v) is 13.7. The van der Waals surface area contributed by atoms with E-state index in [1.165, 1.54) is 28.7 Å². The molecule has 0 amide bonds. The molecule has 1 N–H and O–H groups in total. The van der Waals surface area contributed by atoms with Gasteiger partial charge in [-0.2, -0.15) is 0 Å². The van der Waals surface area contributed by atoms with Gasteiger partial charge in [-0.25, -0.2) is 0 Å². The molecular weight excluding hydrogens is 462 g/mol. The van der Waals surface area contributed by atoms with Crippen LogP contribution in [0, 0.1) is 10.8 Å². The van der Waals surface area contributed by atoms with Crippen molar-refractivity contribution < 1.29 is 19.3 Å². The van der Waals surface area contributed by atoms with Crippen molar-refractivity contribution in [2.75, 3.05) is 32.9 Å². The lowest BCUT2D eigenvalue weighted by molar-refractivity contribution is -0.0740. The Morgan fingerprint density at radius 1 is 0.838 bits per heavy atom. The van der Waals surface area contributed by atoms with Gasteiger partial charge in [0, 0.05) is 23.9 Å². The van der Waals surface area contributed by atoms with Gasteiger partial charge in [0.2, 0.25) is 0 Å². The van der Waals surface area contributed by atoms with Crippen LogP contribution in [0.15, 0.2) is 42.5 Å². The van der Waals surface area contributed by atoms with Crippen molar-refractivity contribution in [2.24, 2.45) is 10.8 Å². The standard InChI is InChI=1S/C32H37NO4/c1-30(2)17-31(3,4)19-32(18-30)23-8-6-5-7-20(23)29-22-14-27-26(13-21(22)25(34)15-24(29)32)36-16-28(37-27)33-9-11-35-12-10-33/h5-8,13-15,28,34H,9-12,16-19H2,1-4H3. The Bertz CT molecular complexity index is 1390. The van der Waals surface area contributed by atoms with Crippen LogP contribution in [0.25, 0.3) is 21.9 Å². The molecule has 1 saturated carbocycles. The lowest BCUT2D eigenvalue weighted by atomic mass is 9.52. The quantitative estimate of drug-likeness (QED) is 0.415. The normalized spacial score (nSPS) is 25.1. The van der Waals surface area contributed by atoms with Gasteiger partial charge in [0.1, 0.15) is 12.4 Å². The molecule has 2 aliphatic heterocycles. The van der Waals surface area contributed by atoms with Crippen molar-refractivity contribution in [3.05, 3.63) is 53.6 Å². The zero-order chi connectivity index (χ0) is 25.6. The average molecular weight is 500 g/mol. The molecule has 5 heteroatoms. The lowest BCUT2D eigenvalue weighted by Gasteiger charge is -2.51. The number of rotatable bonds is 1. The third kappa shape index (κ3) is 3.58. The molecule has 7 rings (SSSR count). The maximum absolute atomic E-state index is 11.4. The van der Waals surface area contributed by atoms with Crippen molar-refractivity contribution in [1.82, 2.24) is 4.90 Å². The summed E-state index contributed by atoms with van der Waals surface area (Å²) in [7, 11) is 0. The van der Waals surface area contributed by atoms with Crippen molar-refractivity contribution in [2.45, 2.75) is 58.6 Å². The maximum atomic E-state index is 11.4. The minimum atomic E-state index is -0.127. The number of morpholine rings is 1. The van der Waals surface area contributed by atoms with Crippen LogP contribution < -0.4 is 9.47 Å². The minimum absolute atomic E-state index is 0.119. The minimum Gasteiger partial charge on any atom is -0.507 e. The molecule has 194 valence electrons. The summed E-state index contributed by atoms with van der Waals surface area (Å²) >= 11 is 0. The van der Waals surface area contributed by atoms with Gasteiger partial charge in [-0.1, -0.05) is 52.0 Å². The summed E-state index contributed by atoms with van der Waals surface area (Å²) in [4.78, 5) is 2.29. The van der Waals surface area contributed by atoms with Gasteiger partial charge in [-0.05, 0) is 75.9 Å². The highest BCUT2D eigenvalue weighted by molar-refractivity contribution is 6.06. The monoisotopic (exact) mass is 499 g/mol. The summed E-state index contributed by atoms with van der Waals surface area (Å²) in [6.45, 7) is 13.2. The van der Waals surface area contributed by atoms with Gasteiger partial charge in [0.25, 0.3) is 0 Å². The SMILES string of the molecule is CC1(C)CC(C)(C)CC2(C1)c1ccccc1-c1c2cc(O)c2cc3c(cc12)OC(N1CCOCC1)CO3. The van der Waals surface area contributed by atoms with Gasteiger partial charge in [0.15, 0.2) is 17.7 Å². The molecule has 1 unspecified atom stereocenters. The summed E-state index contributed by atoms with van der Waals surface area (Å²) in [6, 6.07) is 15.1. The number of fused-ring (bicyclic) bond motifs is 8. The van der Waals surface area contributed by atoms with E-state index in [0.717, 1.165) is 55.7 Å². The molecule has 2 fully saturated rings. The van der Waals surface area contributed by atoms with Crippen LogP contribution in [0.5, 0.6) is 17.2 Å². The van der Waals surface area contributed by atoms with E-state index in [9.17, 15) is 5.11 Å². The highest BCUT2D eigenvalue weighted by Crippen LogP contribution is 2.65. The molecular formula is C32H37NO4. The molecule has 1 spiro atoms. The number of benzene rings is 3. The van der Waals surface area contributed by atoms with E-state index in [0.29, 0.717) is 18.1 Å². The second kappa shape index (κ2) is 7.87. The molecule has 2 heterocycles. The molecule has 5 nitrogen and oxygen atoms in total. The van der Waals surface area contributed by atoms with Crippen molar-refractivity contribution in [3.8, 4) is 28.4 Å². The van der Waals surface area contributed by atoms with Gasteiger partial charge in [-0.15, -0.1) is 0 Å². The number of phenols is 1. The van der Waals surface area contributed by atoms with E-state index in [1.807, 2.05) is 6.07 Å². The summed E-state index contributed by atoms with van der Waals surface area (Å²) < 4.78 is 18.3. The maximum Gasteiger partial charge on any atom is 0.187 e. The Kier molecular flexibility index (Phi) is 4.97. The van der Waals surface area contributed by atoms with Gasteiger partial charge >= 0.3 is 0 Å². The van der Waals surface area contributed by atoms with Crippen LogP contribution in [-0.2, 0) is 10.2 Å². The average Bonchev–Trinajstić information content (AvgIpc) is 3.10. The van der Waals surface area contributed by atoms with E-state index >= 15 is 0 Å². The number of phenolic OH excluding ortho intramolecular Hbond substituents is 1. The molecule has 0 radical (unpaired) electrons. The Labute approximate surface area is 219 Å². The van der Waals surface area contributed by atoms with Gasteiger partial charge < -0.3 is 19.3 Å². The Morgan fingerprint density at radius 2 is 1.54 bits per heavy atom. The molecule has 0 aromatic heterocycles. The van der Waals surface area contributed by atoms with E-state index in [1.54, 1.807) is 0 Å². The highest BCUT2D eigenvalue weighted by Gasteiger charge is 2.53. The van der Waals surface area contributed by atoms with Crippen molar-refractivity contribution in [3.63, 3.8) is 0 Å². The molecule has 4 aliphatic rings. The summed E-state index contributed by atoms with van der Waals surface area (Å²) in [6.07, 6.45) is 3.21. The van der Waals surface area contributed by atoms with Crippen molar-refractivity contribution in [1.29, 1.82) is 0 Å². The van der Waals surface area contributed by atoms with Crippen LogP contribution in [0.1, 0.15) is 58.1 Å². The Morgan fingerprint density at radius 3 is 2.30 bits per heavy atom. The predicted octanol–water partition coefficient (Wildman–Crippen LogP) is 6.48. The van der Waals surface area contributed by atoms with Crippen LogP contribution in [0.4, 0.5) is 0 Å². The van der Waals surface area contributed by atoms with Crippen LogP contribution in [-0.4, -0.2) is 49.1 Å². The number of hydrogen-bond donors (Lipinski definition) is 1. The fourth-order valence-electron chi connectivity index (χ4n) is 8.43. The Balaban J connectivity index is 1.42. The second-order valence-corrected chi connectivity index (χ2v) is 13.2. The topological polar surface area (TPSA) is 51.2 Å². The lowest BCUT2D eigenvalue weighted by Crippen LogP contribution is -2.50. The van der Waals surface area contributed by atoms with Crippen LogP contribution in [0.2, 0.25) is 0 Å². The largest absolute Gasteiger partial charge is 0.507 e. The highest BCUT2D eigenvalue weighted by atomic mass is 16.6. The van der Waals surface area contributed by atoms with E-state index in [-0.39, 0.29) is 22.5 Å². The molecule has 3 aromatic carbocycles. The fraction of sp³-hybridized carbons (Fsp3) is 0.500. The summed E-state index contributed by atoms with van der Waals surface area (Å²) in [5.74, 6) is 1.78. The molecule has 3 aromatic rings. The summed E-state index contributed by atoms with van der Waals surface area (Å²) in [5.41, 5.74) is 5.47. The second-order valence-electron chi connectivity index (χ2n) is 13.2. The number of nitrogens with zero attached hydrogens (tertiary/aromatic N) is 1. The van der Waals surface area contributed by atoms with Crippen LogP contribution in [0.3, 0.4) is 0 Å². The van der Waals surface area contributed by atoms with Crippen molar-refractivity contribution >= 4 is 10.8 Å².